The molecule has 0 aromatic carbocycles. The fraction of sp³-hybridized carbons (Fsp3) is 0.667. The van der Waals surface area contributed by atoms with Crippen molar-refractivity contribution in [2.75, 3.05) is 0 Å². The molecule has 0 rings (SSSR count). The Hall–Kier alpha value is 0.390. The van der Waals surface area contributed by atoms with Crippen LogP contribution in [0.15, 0.2) is 0 Å². The molecule has 0 bridgehead atoms. The molecule has 0 saturated heterocycles. The fourth-order valence-corrected chi connectivity index (χ4v) is 0.248. The van der Waals surface area contributed by atoms with Gasteiger partial charge in [-0.15, -0.1) is 12.6 Å². The van der Waals surface area contributed by atoms with Gasteiger partial charge in [-0.2, -0.15) is 13.2 Å². The van der Waals surface area contributed by atoms with E-state index in [-0.39, 0.29) is 0 Å². The van der Waals surface area contributed by atoms with Crippen LogP contribution in [0.5, 0.6) is 0 Å². The van der Waals surface area contributed by atoms with E-state index < -0.39 is 15.6 Å². The van der Waals surface area contributed by atoms with E-state index in [1.807, 2.05) is 0 Å². The summed E-state index contributed by atoms with van der Waals surface area (Å²) in [5.41, 5.74) is 0. The minimum absolute atomic E-state index is 1.64. The van der Waals surface area contributed by atoms with E-state index in [1.54, 1.807) is 0 Å². The van der Waals surface area contributed by atoms with E-state index >= 15 is 0 Å². The lowest BCUT2D eigenvalue weighted by Crippen LogP contribution is -2.39. The highest BCUT2D eigenvalue weighted by Gasteiger charge is 2.57. The third-order valence-corrected chi connectivity index (χ3v) is 2.00. The van der Waals surface area contributed by atoms with Crippen molar-refractivity contribution in [3.63, 3.8) is 0 Å². The summed E-state index contributed by atoms with van der Waals surface area (Å²) in [5, 5.41) is -1.64. The summed E-state index contributed by atoms with van der Waals surface area (Å²) in [5.74, 6) is 0. The molecule has 0 atom stereocenters. The van der Waals surface area contributed by atoms with Crippen molar-refractivity contribution in [2.24, 2.45) is 0 Å². The Morgan fingerprint density at radius 1 is 1.30 bits per heavy atom. The zero-order valence-electron chi connectivity index (χ0n) is 4.25. The van der Waals surface area contributed by atoms with Gasteiger partial charge in [0.15, 0.2) is 0 Å². The third kappa shape index (κ3) is 1.93. The normalized spacial score (nSPS) is 13.4. The van der Waals surface area contributed by atoms with E-state index in [4.69, 9.17) is 0 Å². The number of halogens is 5. The zero-order chi connectivity index (χ0) is 8.58. The predicted octanol–water partition coefficient (Wildman–Crippen LogP) is 2.18. The van der Waals surface area contributed by atoms with Crippen molar-refractivity contribution in [3.8, 4) is 0 Å². The molecule has 0 heterocycles. The van der Waals surface area contributed by atoms with E-state index in [0.717, 1.165) is 0 Å². The lowest BCUT2D eigenvalue weighted by Gasteiger charge is -2.17. The second kappa shape index (κ2) is 2.79. The Kier molecular flexibility index (Phi) is 2.90. The van der Waals surface area contributed by atoms with Crippen LogP contribution in [0, 0.1) is 0 Å². The maximum Gasteiger partial charge on any atom is 0.429 e. The molecule has 0 aliphatic rings. The molecule has 1 nitrogen and oxygen atoms in total. The van der Waals surface area contributed by atoms with E-state index in [2.05, 4.69) is 35.8 Å². The molecule has 0 aromatic heterocycles. The molecule has 0 amide bonds. The smallest absolute Gasteiger partial charge is 0.284 e. The maximum atomic E-state index is 11.6. The van der Waals surface area contributed by atoms with E-state index in [1.165, 1.54) is 0 Å². The molecule has 0 radical (unpaired) electrons. The Balaban J connectivity index is 4.57. The van der Waals surface area contributed by atoms with Crippen molar-refractivity contribution in [3.05, 3.63) is 0 Å². The number of carbonyl (C=O) groups excluding carboxylic acids is 1. The lowest BCUT2D eigenvalue weighted by atomic mass is 10.4. The average Bonchev–Trinajstić information content (AvgIpc) is 1.62. The highest BCUT2D eigenvalue weighted by atomic mass is 35.5. The highest BCUT2D eigenvalue weighted by Crippen LogP contribution is 2.41. The standard InChI is InChI=1S/C3HCl2F3OS/c4-2(5,1(9)10)3(6,7)8/h(H,9,10). The molecule has 0 saturated carbocycles. The largest absolute Gasteiger partial charge is 0.429 e. The molecule has 10 heavy (non-hydrogen) atoms. The Morgan fingerprint density at radius 2 is 1.60 bits per heavy atom. The van der Waals surface area contributed by atoms with Crippen LogP contribution >= 0.6 is 35.8 Å². The van der Waals surface area contributed by atoms with Crippen molar-refractivity contribution in [1.82, 2.24) is 0 Å². The Labute approximate surface area is 69.9 Å². The van der Waals surface area contributed by atoms with Gasteiger partial charge in [0.2, 0.25) is 5.12 Å². The van der Waals surface area contributed by atoms with Gasteiger partial charge in [-0.1, -0.05) is 23.2 Å². The van der Waals surface area contributed by atoms with Gasteiger partial charge in [0.05, 0.1) is 0 Å². The van der Waals surface area contributed by atoms with Gasteiger partial charge in [-0.05, 0) is 0 Å². The van der Waals surface area contributed by atoms with Gasteiger partial charge >= 0.3 is 6.18 Å². The van der Waals surface area contributed by atoms with Crippen molar-refractivity contribution < 1.29 is 18.0 Å². The van der Waals surface area contributed by atoms with Crippen LogP contribution < -0.4 is 0 Å². The molecule has 0 unspecified atom stereocenters. The van der Waals surface area contributed by atoms with Crippen molar-refractivity contribution in [1.29, 1.82) is 0 Å². The van der Waals surface area contributed by atoms with Gasteiger partial charge in [-0.25, -0.2) is 0 Å². The van der Waals surface area contributed by atoms with Crippen molar-refractivity contribution >= 4 is 40.9 Å². The van der Waals surface area contributed by atoms with Crippen LogP contribution in [0.25, 0.3) is 0 Å². The summed E-state index contributed by atoms with van der Waals surface area (Å²) >= 11 is 12.0. The first-order valence-corrected chi connectivity index (χ1v) is 3.08. The van der Waals surface area contributed by atoms with Crippen LogP contribution in [0.4, 0.5) is 13.2 Å². The topological polar surface area (TPSA) is 17.1 Å². The molecule has 0 aromatic rings. The van der Waals surface area contributed by atoms with Gasteiger partial charge in [0, 0.05) is 0 Å². The third-order valence-electron chi connectivity index (χ3n) is 0.625. The first-order chi connectivity index (χ1) is 4.19. The minimum Gasteiger partial charge on any atom is -0.284 e. The van der Waals surface area contributed by atoms with Crippen LogP contribution in [-0.4, -0.2) is 15.6 Å². The second-order valence-corrected chi connectivity index (χ2v) is 3.11. The molecule has 60 valence electrons. The summed E-state index contributed by atoms with van der Waals surface area (Å²) in [6.07, 6.45) is -4.98. The quantitative estimate of drug-likeness (QED) is 0.521. The number of hydrogen-bond acceptors (Lipinski definition) is 1. The number of carbonyl (C=O) groups is 1. The number of thiol groups is 1. The lowest BCUT2D eigenvalue weighted by molar-refractivity contribution is -0.151. The minimum atomic E-state index is -4.98. The summed E-state index contributed by atoms with van der Waals surface area (Å²) in [6.45, 7) is 0. The van der Waals surface area contributed by atoms with Crippen LogP contribution in [0.2, 0.25) is 0 Å². The highest BCUT2D eigenvalue weighted by molar-refractivity contribution is 7.97. The van der Waals surface area contributed by atoms with E-state index in [9.17, 15) is 18.0 Å². The number of rotatable bonds is 1. The van der Waals surface area contributed by atoms with Crippen LogP contribution in [0.3, 0.4) is 0 Å². The van der Waals surface area contributed by atoms with E-state index in [0.29, 0.717) is 0 Å². The maximum absolute atomic E-state index is 11.6. The molecule has 0 aliphatic carbocycles. The number of alkyl halides is 5. The van der Waals surface area contributed by atoms with Crippen molar-refractivity contribution in [2.45, 2.75) is 10.5 Å². The zero-order valence-corrected chi connectivity index (χ0v) is 6.65. The van der Waals surface area contributed by atoms with Gasteiger partial charge in [0.25, 0.3) is 4.33 Å². The molecule has 0 N–H and O–H groups in total. The van der Waals surface area contributed by atoms with Gasteiger partial charge < -0.3 is 0 Å². The summed E-state index contributed by atoms with van der Waals surface area (Å²) in [7, 11) is 0. The monoisotopic (exact) mass is 212 g/mol. The molecule has 0 spiro atoms. The van der Waals surface area contributed by atoms with Crippen LogP contribution in [-0.2, 0) is 4.79 Å². The first-order valence-electron chi connectivity index (χ1n) is 1.87. The predicted molar refractivity (Wildman–Crippen MR) is 34.5 cm³/mol. The van der Waals surface area contributed by atoms with Crippen LogP contribution in [0.1, 0.15) is 0 Å². The van der Waals surface area contributed by atoms with Gasteiger partial charge in [0.1, 0.15) is 0 Å². The molecule has 0 fully saturated rings. The number of hydrogen-bond donors (Lipinski definition) is 1. The average molecular weight is 213 g/mol. The Bertz CT molecular complexity index is 154. The Morgan fingerprint density at radius 3 is 1.60 bits per heavy atom. The molecular formula is C3HCl2F3OS. The molecular weight excluding hydrogens is 212 g/mol. The molecule has 7 heteroatoms. The fourth-order valence-electron chi connectivity index (χ4n) is 0.121. The SMILES string of the molecule is O=C(S)C(Cl)(Cl)C(F)(F)F. The second-order valence-electron chi connectivity index (χ2n) is 1.38. The summed E-state index contributed by atoms with van der Waals surface area (Å²) in [4.78, 5) is 9.99. The summed E-state index contributed by atoms with van der Waals surface area (Å²) < 4.78 is 31.3. The summed E-state index contributed by atoms with van der Waals surface area (Å²) in [6, 6.07) is 0. The first kappa shape index (κ1) is 10.4. The van der Waals surface area contributed by atoms with Gasteiger partial charge in [-0.3, -0.25) is 4.79 Å². The molecule has 0 aliphatic heterocycles.